The van der Waals surface area contributed by atoms with Gasteiger partial charge in [0.15, 0.2) is 0 Å². The number of aliphatic hydroxyl groups is 1. The molecule has 1 aromatic carbocycles. The number of amides is 1. The molecule has 0 aliphatic heterocycles. The number of nitrogens with one attached hydrogen (secondary N) is 2. The summed E-state index contributed by atoms with van der Waals surface area (Å²) in [6.45, 7) is 2.19. The Morgan fingerprint density at radius 3 is 2.83 bits per heavy atom. The summed E-state index contributed by atoms with van der Waals surface area (Å²) < 4.78 is 0. The molecule has 2 aromatic rings. The van der Waals surface area contributed by atoms with E-state index in [1.165, 1.54) is 17.7 Å². The molecule has 4 nitrogen and oxygen atoms in total. The van der Waals surface area contributed by atoms with Crippen molar-refractivity contribution in [3.8, 4) is 0 Å². The fraction of sp³-hybridized carbons (Fsp3) is 0.389. The maximum atomic E-state index is 12.2. The van der Waals surface area contributed by atoms with E-state index in [2.05, 4.69) is 28.1 Å². The van der Waals surface area contributed by atoms with Crippen molar-refractivity contribution >= 4 is 22.9 Å². The maximum absolute atomic E-state index is 12.2. The Hall–Kier alpha value is -1.85. The lowest BCUT2D eigenvalue weighted by Crippen LogP contribution is -2.27. The lowest BCUT2D eigenvalue weighted by atomic mass is 10.0. The lowest BCUT2D eigenvalue weighted by Gasteiger charge is -2.21. The first-order chi connectivity index (χ1) is 11.2. The molecule has 1 fully saturated rings. The number of hydrogen-bond acceptors (Lipinski definition) is 4. The molecule has 3 N–H and O–H groups in total. The van der Waals surface area contributed by atoms with E-state index in [9.17, 15) is 4.79 Å². The first kappa shape index (κ1) is 16.0. The van der Waals surface area contributed by atoms with Gasteiger partial charge in [0.25, 0.3) is 5.91 Å². The van der Waals surface area contributed by atoms with Gasteiger partial charge in [0.2, 0.25) is 0 Å². The molecular weight excluding hydrogens is 308 g/mol. The van der Waals surface area contributed by atoms with Gasteiger partial charge in [-0.1, -0.05) is 12.1 Å². The number of hydrogen-bond donors (Lipinski definition) is 3. The highest BCUT2D eigenvalue weighted by Gasteiger charge is 2.33. The number of benzene rings is 1. The van der Waals surface area contributed by atoms with E-state index in [4.69, 9.17) is 5.11 Å². The van der Waals surface area contributed by atoms with Gasteiger partial charge in [-0.05, 0) is 54.8 Å². The van der Waals surface area contributed by atoms with Crippen molar-refractivity contribution in [3.63, 3.8) is 0 Å². The van der Waals surface area contributed by atoms with Crippen molar-refractivity contribution in [2.45, 2.75) is 25.8 Å². The fourth-order valence-corrected chi connectivity index (χ4v) is 3.66. The van der Waals surface area contributed by atoms with Crippen LogP contribution in [-0.4, -0.2) is 24.2 Å². The van der Waals surface area contributed by atoms with E-state index in [0.717, 1.165) is 11.3 Å². The van der Waals surface area contributed by atoms with Crippen LogP contribution in [0.2, 0.25) is 0 Å². The summed E-state index contributed by atoms with van der Waals surface area (Å²) in [7, 11) is 0. The normalized spacial score (nSPS) is 15.2. The Labute approximate surface area is 140 Å². The second-order valence-corrected chi connectivity index (χ2v) is 6.91. The van der Waals surface area contributed by atoms with Crippen molar-refractivity contribution in [1.29, 1.82) is 0 Å². The molecule has 0 radical (unpaired) electrons. The van der Waals surface area contributed by atoms with Gasteiger partial charge in [0, 0.05) is 22.7 Å². The van der Waals surface area contributed by atoms with Crippen molar-refractivity contribution in [1.82, 2.24) is 5.32 Å². The standard InChI is InChI=1S/C18H22N2O2S/c1-12-14(18(22)19-9-10-21)4-2-5-15(12)20-17(13-7-8-13)16-6-3-11-23-16/h2-6,11,13,17,20-21H,7-10H2,1H3,(H,19,22). The van der Waals surface area contributed by atoms with Gasteiger partial charge in [-0.2, -0.15) is 0 Å². The van der Waals surface area contributed by atoms with E-state index in [0.29, 0.717) is 17.5 Å². The molecule has 0 bridgehead atoms. The highest BCUT2D eigenvalue weighted by Crippen LogP contribution is 2.44. The number of aliphatic hydroxyl groups excluding tert-OH is 1. The van der Waals surface area contributed by atoms with Crippen LogP contribution < -0.4 is 10.6 Å². The molecule has 1 unspecified atom stereocenters. The van der Waals surface area contributed by atoms with Crippen LogP contribution in [0, 0.1) is 12.8 Å². The zero-order valence-electron chi connectivity index (χ0n) is 13.2. The molecule has 122 valence electrons. The van der Waals surface area contributed by atoms with Crippen LogP contribution in [0.4, 0.5) is 5.69 Å². The SMILES string of the molecule is Cc1c(NC(c2cccs2)C2CC2)cccc1C(=O)NCCO. The summed E-state index contributed by atoms with van der Waals surface area (Å²) in [6, 6.07) is 10.3. The van der Waals surface area contributed by atoms with E-state index >= 15 is 0 Å². The zero-order valence-corrected chi connectivity index (χ0v) is 14.0. The smallest absolute Gasteiger partial charge is 0.251 e. The molecule has 0 saturated heterocycles. The highest BCUT2D eigenvalue weighted by atomic mass is 32.1. The minimum absolute atomic E-state index is 0.0507. The number of anilines is 1. The summed E-state index contributed by atoms with van der Waals surface area (Å²) in [6.07, 6.45) is 2.51. The Morgan fingerprint density at radius 1 is 1.35 bits per heavy atom. The minimum atomic E-state index is -0.140. The predicted octanol–water partition coefficient (Wildman–Crippen LogP) is 3.34. The zero-order chi connectivity index (χ0) is 16.2. The Morgan fingerprint density at radius 2 is 2.17 bits per heavy atom. The van der Waals surface area contributed by atoms with Gasteiger partial charge >= 0.3 is 0 Å². The first-order valence-electron chi connectivity index (χ1n) is 7.99. The largest absolute Gasteiger partial charge is 0.395 e. The van der Waals surface area contributed by atoms with E-state index in [-0.39, 0.29) is 19.1 Å². The summed E-state index contributed by atoms with van der Waals surface area (Å²) in [5.41, 5.74) is 2.61. The molecule has 3 rings (SSSR count). The van der Waals surface area contributed by atoms with E-state index in [1.54, 1.807) is 11.3 Å². The Balaban J connectivity index is 1.81. The van der Waals surface area contributed by atoms with Gasteiger partial charge < -0.3 is 15.7 Å². The number of carbonyl (C=O) groups excluding carboxylic acids is 1. The maximum Gasteiger partial charge on any atom is 0.251 e. The molecule has 5 heteroatoms. The highest BCUT2D eigenvalue weighted by molar-refractivity contribution is 7.10. The number of rotatable bonds is 7. The molecule has 23 heavy (non-hydrogen) atoms. The van der Waals surface area contributed by atoms with E-state index < -0.39 is 0 Å². The van der Waals surface area contributed by atoms with Gasteiger partial charge in [-0.3, -0.25) is 4.79 Å². The van der Waals surface area contributed by atoms with Crippen LogP contribution in [-0.2, 0) is 0 Å². The predicted molar refractivity (Wildman–Crippen MR) is 94.0 cm³/mol. The third-order valence-electron chi connectivity index (χ3n) is 4.23. The average molecular weight is 330 g/mol. The van der Waals surface area contributed by atoms with Crippen LogP contribution in [0.25, 0.3) is 0 Å². The van der Waals surface area contributed by atoms with Gasteiger partial charge in [-0.15, -0.1) is 11.3 Å². The van der Waals surface area contributed by atoms with Gasteiger partial charge in [-0.25, -0.2) is 0 Å². The summed E-state index contributed by atoms with van der Waals surface area (Å²) >= 11 is 1.78. The van der Waals surface area contributed by atoms with Crippen LogP contribution in [0.5, 0.6) is 0 Å². The van der Waals surface area contributed by atoms with Crippen molar-refractivity contribution in [3.05, 3.63) is 51.7 Å². The van der Waals surface area contributed by atoms with Crippen molar-refractivity contribution in [2.75, 3.05) is 18.5 Å². The first-order valence-corrected chi connectivity index (χ1v) is 8.87. The monoisotopic (exact) mass is 330 g/mol. The molecule has 1 aromatic heterocycles. The Bertz CT molecular complexity index is 666. The molecule has 1 amide bonds. The van der Waals surface area contributed by atoms with Crippen LogP contribution in [0.15, 0.2) is 35.7 Å². The average Bonchev–Trinajstić information content (AvgIpc) is 3.25. The molecule has 1 aliphatic carbocycles. The van der Waals surface area contributed by atoms with Crippen LogP contribution >= 0.6 is 11.3 Å². The van der Waals surface area contributed by atoms with Crippen LogP contribution in [0.1, 0.15) is 39.7 Å². The van der Waals surface area contributed by atoms with Crippen molar-refractivity contribution in [2.24, 2.45) is 5.92 Å². The third-order valence-corrected chi connectivity index (χ3v) is 5.19. The number of carbonyl (C=O) groups is 1. The summed E-state index contributed by atoms with van der Waals surface area (Å²) in [5.74, 6) is 0.541. The van der Waals surface area contributed by atoms with Crippen LogP contribution in [0.3, 0.4) is 0 Å². The van der Waals surface area contributed by atoms with E-state index in [1.807, 2.05) is 25.1 Å². The van der Waals surface area contributed by atoms with Crippen molar-refractivity contribution < 1.29 is 9.90 Å². The molecule has 1 saturated carbocycles. The van der Waals surface area contributed by atoms with Gasteiger partial charge in [0.05, 0.1) is 12.6 Å². The second kappa shape index (κ2) is 7.15. The topological polar surface area (TPSA) is 61.4 Å². The van der Waals surface area contributed by atoms with Gasteiger partial charge in [0.1, 0.15) is 0 Å². The number of thiophene rings is 1. The summed E-state index contributed by atoms with van der Waals surface area (Å²) in [4.78, 5) is 13.5. The summed E-state index contributed by atoms with van der Waals surface area (Å²) in [5, 5.41) is 17.3. The second-order valence-electron chi connectivity index (χ2n) is 5.93. The Kier molecular flexibility index (Phi) is 4.98. The molecule has 1 heterocycles. The molecular formula is C18H22N2O2S. The molecule has 1 atom stereocenters. The minimum Gasteiger partial charge on any atom is -0.395 e. The quantitative estimate of drug-likeness (QED) is 0.730. The lowest BCUT2D eigenvalue weighted by molar-refractivity contribution is 0.0944. The molecule has 0 spiro atoms. The molecule has 1 aliphatic rings. The fourth-order valence-electron chi connectivity index (χ4n) is 2.79. The third kappa shape index (κ3) is 3.74.